The summed E-state index contributed by atoms with van der Waals surface area (Å²) in [4.78, 5) is 43.0. The van der Waals surface area contributed by atoms with Gasteiger partial charge in [0.25, 0.3) is 0 Å². The first-order valence-corrected chi connectivity index (χ1v) is 13.1. The molecule has 15 heteroatoms. The van der Waals surface area contributed by atoms with Gasteiger partial charge in [0.05, 0.1) is 39.9 Å². The van der Waals surface area contributed by atoms with Crippen molar-refractivity contribution in [2.45, 2.75) is 111 Å². The van der Waals surface area contributed by atoms with E-state index in [1.807, 2.05) is 39.0 Å². The standard InChI is InChI=1S/C11H20O4.C7H14O2.C6H12O2.2BH2P.H3P.2V/c1-5-10(6-8(2)12)15-11(13)7-9(3)14-4;1-4-7(9-3)5-6(2)8;1-5(7)4-6(2)8-3;2*1-2;;;/h9-10H,5-7H2,1-4H3;7H,4-5H2,1-3H3;6H,4H2,1-3H3;2*2H2;1H3;;. The molecule has 0 aliphatic carbocycles. The third kappa shape index (κ3) is 55.5. The minimum Gasteiger partial charge on any atom is -0.462 e. The maximum atomic E-state index is 11.3. The van der Waals surface area contributed by atoms with E-state index in [2.05, 4.69) is 15.1 Å². The Morgan fingerprint density at radius 2 is 0.923 bits per heavy atom. The number of ether oxygens (including phenoxy) is 4. The number of carbonyl (C=O) groups excluding carboxylic acids is 4. The van der Waals surface area contributed by atoms with Crippen molar-refractivity contribution >= 4 is 66.6 Å². The first-order valence-electron chi connectivity index (χ1n) is 11.8. The van der Waals surface area contributed by atoms with Crippen LogP contribution in [0.2, 0.25) is 0 Å². The predicted molar refractivity (Wildman–Crippen MR) is 167 cm³/mol. The van der Waals surface area contributed by atoms with Gasteiger partial charge >= 0.3 is 5.97 Å². The summed E-state index contributed by atoms with van der Waals surface area (Å²) in [5, 5.41) is 0. The van der Waals surface area contributed by atoms with E-state index in [-0.39, 0.29) is 101 Å². The van der Waals surface area contributed by atoms with Crippen molar-refractivity contribution in [3.8, 4) is 0 Å². The van der Waals surface area contributed by atoms with E-state index in [9.17, 15) is 19.2 Å². The van der Waals surface area contributed by atoms with E-state index in [0.717, 1.165) is 6.42 Å². The van der Waals surface area contributed by atoms with Crippen LogP contribution >= 0.6 is 28.1 Å². The summed E-state index contributed by atoms with van der Waals surface area (Å²) >= 11 is 0. The molecular formula is C24H53B2O8P3V2. The number of carbonyl (C=O) groups is 4. The Morgan fingerprint density at radius 3 is 1.13 bits per heavy atom. The number of methoxy groups -OCH3 is 3. The first-order chi connectivity index (χ1) is 16.9. The molecule has 228 valence electrons. The normalized spacial score (nSPS) is 11.6. The van der Waals surface area contributed by atoms with Gasteiger partial charge < -0.3 is 18.9 Å². The molecule has 0 aliphatic heterocycles. The number of rotatable bonds is 14. The quantitative estimate of drug-likeness (QED) is 0.153. The van der Waals surface area contributed by atoms with E-state index < -0.39 is 0 Å². The molecule has 0 saturated carbocycles. The van der Waals surface area contributed by atoms with E-state index in [1.54, 1.807) is 42.1 Å². The maximum Gasteiger partial charge on any atom is 0.308 e. The summed E-state index contributed by atoms with van der Waals surface area (Å²) in [5.74, 6) is 0.106. The molecular weight excluding hydrogens is 633 g/mol. The average molecular weight is 686 g/mol. The molecule has 0 aromatic rings. The number of esters is 1. The molecule has 8 nitrogen and oxygen atoms in total. The SMILES string of the molecule is CCC(CC(C)=O)OC.CCC(CC(C)=O)OC(=O)CC(C)OC.COC(C)CC(C)=O.P.[B]P.[B]P.[V].[V]. The third-order valence-electron chi connectivity index (χ3n) is 4.41. The molecule has 0 aromatic carbocycles. The molecule has 39 heavy (non-hydrogen) atoms. The van der Waals surface area contributed by atoms with Crippen LogP contribution in [0.5, 0.6) is 0 Å². The van der Waals surface area contributed by atoms with Crippen LogP contribution in [0.4, 0.5) is 0 Å². The fourth-order valence-electron chi connectivity index (χ4n) is 2.35. The summed E-state index contributed by atoms with van der Waals surface area (Å²) in [5.41, 5.74) is 0. The summed E-state index contributed by atoms with van der Waals surface area (Å²) < 4.78 is 19.9. The first kappa shape index (κ1) is 59.4. The Bertz CT molecular complexity index is 552. The molecule has 0 saturated heterocycles. The minimum atomic E-state index is -0.308. The summed E-state index contributed by atoms with van der Waals surface area (Å²) in [6.45, 7) is 12.2. The van der Waals surface area contributed by atoms with Gasteiger partial charge in [-0.2, -0.15) is 28.1 Å². The summed E-state index contributed by atoms with van der Waals surface area (Å²) in [7, 11) is 17.5. The number of ketones is 3. The van der Waals surface area contributed by atoms with Crippen molar-refractivity contribution in [2.75, 3.05) is 21.3 Å². The van der Waals surface area contributed by atoms with E-state index in [1.165, 1.54) is 6.92 Å². The molecule has 6 radical (unpaired) electrons. The van der Waals surface area contributed by atoms with Gasteiger partial charge in [0.2, 0.25) is 0 Å². The molecule has 0 heterocycles. The minimum absolute atomic E-state index is 0. The van der Waals surface area contributed by atoms with Gasteiger partial charge in [-0.1, -0.05) is 13.8 Å². The number of Topliss-reactive ketones (excluding diaryl/α,β-unsaturated/α-hetero) is 3. The second-order valence-corrected chi connectivity index (χ2v) is 7.80. The van der Waals surface area contributed by atoms with Crippen molar-refractivity contribution in [3.63, 3.8) is 0 Å². The second-order valence-electron chi connectivity index (χ2n) is 7.80. The zero-order valence-electron chi connectivity index (χ0n) is 25.7. The Labute approximate surface area is 273 Å². The monoisotopic (exact) mass is 686 g/mol. The van der Waals surface area contributed by atoms with Gasteiger partial charge in [-0.15, -0.1) is 0 Å². The van der Waals surface area contributed by atoms with Crippen LogP contribution in [0.25, 0.3) is 0 Å². The smallest absolute Gasteiger partial charge is 0.308 e. The zero-order valence-corrected chi connectivity index (χ0v) is 32.2. The Balaban J connectivity index is -0.0000000584. The van der Waals surface area contributed by atoms with Crippen LogP contribution in [0.1, 0.15) is 87.0 Å². The van der Waals surface area contributed by atoms with Crippen LogP contribution < -0.4 is 0 Å². The molecule has 0 bridgehead atoms. The van der Waals surface area contributed by atoms with Crippen LogP contribution in [0.15, 0.2) is 0 Å². The number of hydrogen-bond donors (Lipinski definition) is 0. The predicted octanol–water partition coefficient (Wildman–Crippen LogP) is 4.05. The fraction of sp³-hybridized carbons (Fsp3) is 0.833. The summed E-state index contributed by atoms with van der Waals surface area (Å²) in [6.07, 6.45) is 2.93. The third-order valence-corrected chi connectivity index (χ3v) is 4.41. The van der Waals surface area contributed by atoms with E-state index in [0.29, 0.717) is 25.7 Å². The molecule has 0 rings (SSSR count). The van der Waals surface area contributed by atoms with Gasteiger partial charge in [-0.25, -0.2) is 0 Å². The maximum absolute atomic E-state index is 11.3. The van der Waals surface area contributed by atoms with Crippen molar-refractivity contribution in [2.24, 2.45) is 0 Å². The van der Waals surface area contributed by atoms with Crippen LogP contribution in [-0.2, 0) is 75.2 Å². The second kappa shape index (κ2) is 45.9. The van der Waals surface area contributed by atoms with Gasteiger partial charge in [-0.3, -0.25) is 19.2 Å². The van der Waals surface area contributed by atoms with Crippen molar-refractivity contribution in [1.29, 1.82) is 0 Å². The largest absolute Gasteiger partial charge is 0.462 e. The fourth-order valence-corrected chi connectivity index (χ4v) is 2.35. The van der Waals surface area contributed by atoms with Crippen LogP contribution in [0, 0.1) is 0 Å². The van der Waals surface area contributed by atoms with Crippen LogP contribution in [-0.4, -0.2) is 84.2 Å². The Morgan fingerprint density at radius 1 is 0.615 bits per heavy atom. The van der Waals surface area contributed by atoms with E-state index in [4.69, 9.17) is 18.9 Å². The Kier molecular flexibility index (Phi) is 69.9. The van der Waals surface area contributed by atoms with Gasteiger partial charge in [0.15, 0.2) is 0 Å². The zero-order chi connectivity index (χ0) is 29.7. The van der Waals surface area contributed by atoms with Crippen molar-refractivity contribution in [3.05, 3.63) is 0 Å². The van der Waals surface area contributed by atoms with Crippen molar-refractivity contribution < 1.29 is 75.2 Å². The molecule has 0 N–H and O–H groups in total. The molecule has 7 unspecified atom stereocenters. The topological polar surface area (TPSA) is 105 Å². The van der Waals surface area contributed by atoms with Crippen molar-refractivity contribution in [1.82, 2.24) is 0 Å². The molecule has 0 spiro atoms. The molecule has 7 atom stereocenters. The van der Waals surface area contributed by atoms with Crippen LogP contribution in [0.3, 0.4) is 0 Å². The van der Waals surface area contributed by atoms with Gasteiger partial charge in [0.1, 0.15) is 23.5 Å². The van der Waals surface area contributed by atoms with E-state index >= 15 is 0 Å². The van der Waals surface area contributed by atoms with Gasteiger partial charge in [-0.05, 0) is 47.5 Å². The molecule has 0 aliphatic rings. The molecule has 0 amide bonds. The van der Waals surface area contributed by atoms with Gasteiger partial charge in [0, 0.05) is 77.7 Å². The Hall–Kier alpha value is 0.949. The summed E-state index contributed by atoms with van der Waals surface area (Å²) in [6, 6.07) is 0. The number of hydrogen-bond acceptors (Lipinski definition) is 8. The molecule has 0 fully saturated rings. The average Bonchev–Trinajstić information content (AvgIpc) is 2.84. The molecule has 0 aromatic heterocycles.